The smallest absolute Gasteiger partial charge is 0.252 e. The third-order valence-corrected chi connectivity index (χ3v) is 26.8. The van der Waals surface area contributed by atoms with E-state index in [1.807, 2.05) is 143 Å². The second-order valence-corrected chi connectivity index (χ2v) is 33.9. The standard InChI is InChI=1S/C114H72B3F4N9O/c118-91-50-25-29-54-97(91)126-95-62-60-81(122(73-34-9-1-10-35-73)74-36-11-2-12-37-74)64-85(95)115-87-70-88-104(71-103(87)128(99-56-31-27-52-93(99)120)102-59-33-58-101(126)109(102)115)129(100-57-32-28-53-94(100)121)106-72-105-110-114-111(106)117(88)90-67-84(125(79-46-21-7-22-47-79)80-48-23-8-24-49-80)69-108-113(90)130(114)112-89(66-83(68-107(112)131-108)124(77-42-17-5-18-43-77)78-44-19-6-20-45-78)116(110)86-65-82(61-63-96(86)127(105)98-55-30-26-51-92(98)119)123(75-38-13-3-14-39-75)76-40-15-4-16-41-76/h1-72H. The normalized spacial score (nSPS) is 13.1. The van der Waals surface area contributed by atoms with Gasteiger partial charge in [-0.05, 0) is 268 Å². The lowest BCUT2D eigenvalue weighted by Crippen LogP contribution is -2.70. The summed E-state index contributed by atoms with van der Waals surface area (Å²) in [4.78, 5) is 19.8. The minimum Gasteiger partial charge on any atom is -0.453 e. The van der Waals surface area contributed by atoms with Crippen molar-refractivity contribution in [1.29, 1.82) is 0 Å². The van der Waals surface area contributed by atoms with Crippen molar-refractivity contribution in [2.75, 3.05) is 44.1 Å². The first-order valence-electron chi connectivity index (χ1n) is 44.2. The second kappa shape index (κ2) is 29.9. The molecule has 0 radical (unpaired) electrons. The largest absolute Gasteiger partial charge is 0.453 e. The minimum absolute atomic E-state index is 0.239. The van der Waals surface area contributed by atoms with E-state index >= 15 is 17.6 Å². The van der Waals surface area contributed by atoms with Crippen LogP contribution in [0, 0.1) is 23.3 Å². The first-order valence-corrected chi connectivity index (χ1v) is 44.2. The zero-order chi connectivity index (χ0) is 86.8. The summed E-state index contributed by atoms with van der Waals surface area (Å²) in [5.74, 6) is -0.726. The molecular formula is C114H72B3F4N9O. The van der Waals surface area contributed by atoms with Gasteiger partial charge in [0.05, 0.1) is 34.1 Å². The molecule has 0 bridgehead atoms. The first kappa shape index (κ1) is 75.4. The Hall–Kier alpha value is -16.9. The van der Waals surface area contributed by atoms with Crippen LogP contribution < -0.4 is 98.0 Å². The molecule has 0 aliphatic carbocycles. The predicted octanol–water partition coefficient (Wildman–Crippen LogP) is 25.0. The molecule has 10 nitrogen and oxygen atoms in total. The van der Waals surface area contributed by atoms with Crippen LogP contribution in [0.3, 0.4) is 0 Å². The van der Waals surface area contributed by atoms with Crippen LogP contribution in [-0.4, -0.2) is 20.1 Å². The van der Waals surface area contributed by atoms with Crippen LogP contribution in [0.1, 0.15) is 0 Å². The van der Waals surface area contributed by atoms with Crippen LogP contribution >= 0.6 is 0 Å². The van der Waals surface area contributed by atoms with Crippen molar-refractivity contribution >= 4 is 223 Å². The number of halogens is 4. The predicted molar refractivity (Wildman–Crippen MR) is 532 cm³/mol. The van der Waals surface area contributed by atoms with Crippen molar-refractivity contribution in [2.45, 2.75) is 0 Å². The van der Waals surface area contributed by atoms with Crippen LogP contribution in [0.15, 0.2) is 437 Å². The van der Waals surface area contributed by atoms with Crippen LogP contribution in [0.5, 0.6) is 11.5 Å². The number of nitrogens with zero attached hydrogens (tertiary/aromatic N) is 9. The molecule has 26 rings (SSSR count). The Kier molecular flexibility index (Phi) is 17.2. The Morgan fingerprint density at radius 2 is 0.420 bits per heavy atom. The fourth-order valence-corrected chi connectivity index (χ4v) is 21.7. The van der Waals surface area contributed by atoms with Crippen molar-refractivity contribution in [1.82, 2.24) is 0 Å². The average Bonchev–Trinajstić information content (AvgIpc) is 0.653. The number of fused-ring (bicyclic) bond motifs is 10. The highest BCUT2D eigenvalue weighted by Crippen LogP contribution is 2.60. The Morgan fingerprint density at radius 3 is 0.748 bits per heavy atom. The van der Waals surface area contributed by atoms with Gasteiger partial charge >= 0.3 is 0 Å². The molecule has 0 fully saturated rings. The van der Waals surface area contributed by atoms with Gasteiger partial charge in [0.25, 0.3) is 20.1 Å². The summed E-state index contributed by atoms with van der Waals surface area (Å²) in [7, 11) is 0. The highest BCUT2D eigenvalue weighted by atomic mass is 19.1. The lowest BCUT2D eigenvalue weighted by atomic mass is 9.27. The van der Waals surface area contributed by atoms with Crippen molar-refractivity contribution in [3.8, 4) is 11.5 Å². The highest BCUT2D eigenvalue weighted by Gasteiger charge is 2.57. The second-order valence-electron chi connectivity index (χ2n) is 33.9. The van der Waals surface area contributed by atoms with Gasteiger partial charge in [-0.1, -0.05) is 206 Å². The maximum atomic E-state index is 19.0. The van der Waals surface area contributed by atoms with Crippen molar-refractivity contribution < 1.29 is 22.3 Å². The van der Waals surface area contributed by atoms with Gasteiger partial charge in [0.2, 0.25) is 0 Å². The van der Waals surface area contributed by atoms with E-state index in [0.717, 1.165) is 146 Å². The number of rotatable bonds is 16. The van der Waals surface area contributed by atoms with Crippen molar-refractivity contribution in [3.63, 3.8) is 0 Å². The molecular weight excluding hydrogens is 1620 g/mol. The maximum absolute atomic E-state index is 19.0. The number of ether oxygens (including phenoxy) is 1. The van der Waals surface area contributed by atoms with Crippen molar-refractivity contribution in [3.05, 3.63) is 460 Å². The van der Waals surface area contributed by atoms with E-state index in [1.165, 1.54) is 24.3 Å². The molecule has 7 heterocycles. The van der Waals surface area contributed by atoms with E-state index in [4.69, 9.17) is 4.74 Å². The number of para-hydroxylation sites is 12. The number of hydrogen-bond acceptors (Lipinski definition) is 10. The minimum atomic E-state index is -0.777. The molecule has 0 atom stereocenters. The van der Waals surface area contributed by atoms with Gasteiger partial charge in [0, 0.05) is 132 Å². The molecule has 19 aromatic rings. The summed E-state index contributed by atoms with van der Waals surface area (Å²) in [6.45, 7) is -2.12. The van der Waals surface area contributed by atoms with Gasteiger partial charge in [0.1, 0.15) is 23.3 Å². The van der Waals surface area contributed by atoms with Gasteiger partial charge in [0.15, 0.2) is 11.5 Å². The van der Waals surface area contributed by atoms with Crippen molar-refractivity contribution in [2.24, 2.45) is 0 Å². The third-order valence-electron chi connectivity index (χ3n) is 26.8. The number of benzene rings is 19. The fourth-order valence-electron chi connectivity index (χ4n) is 21.7. The first-order chi connectivity index (χ1) is 64.7. The van der Waals surface area contributed by atoms with Crippen LogP contribution in [-0.2, 0) is 0 Å². The molecule has 0 aromatic heterocycles. The lowest BCUT2D eigenvalue weighted by Gasteiger charge is -2.53. The fraction of sp³-hybridized carbons (Fsp3) is 0. The quantitative estimate of drug-likeness (QED) is 0.0690. The summed E-state index contributed by atoms with van der Waals surface area (Å²) in [5.41, 5.74) is 27.2. The molecule has 616 valence electrons. The lowest BCUT2D eigenvalue weighted by molar-refractivity contribution is 0.478. The molecule has 0 N–H and O–H groups in total. The number of anilines is 27. The van der Waals surface area contributed by atoms with E-state index in [9.17, 15) is 0 Å². The van der Waals surface area contributed by atoms with Gasteiger partial charge in [-0.3, -0.25) is 0 Å². The molecule has 17 heteroatoms. The zero-order valence-electron chi connectivity index (χ0n) is 70.2. The summed E-state index contributed by atoms with van der Waals surface area (Å²) in [6.07, 6.45) is 0. The molecule has 0 amide bonds. The molecule has 0 unspecified atom stereocenters. The SMILES string of the molecule is Fc1ccccc1N1c2ccc(N(c3ccccc3)c3ccccc3)cc2B2c3cc4c(cc3N(c3ccccc3F)c3cccc1c32)N(c1ccccc1F)c1cc2c3c5c1B4c1cc(N(c4ccccc4)c4ccccc4)cc4c1N5c1c(cc(N(c5ccccc5)c5ccccc5)cc1B3c1cc(N(c3ccccc3)c3ccccc3)ccc1N2c1ccccc1F)O4. The maximum Gasteiger partial charge on any atom is 0.252 e. The summed E-state index contributed by atoms with van der Waals surface area (Å²) >= 11 is 0. The molecule has 0 spiro atoms. The van der Waals surface area contributed by atoms with E-state index in [1.54, 1.807) is 24.3 Å². The van der Waals surface area contributed by atoms with Crippen LogP contribution in [0.2, 0.25) is 0 Å². The molecule has 0 saturated carbocycles. The van der Waals surface area contributed by atoms with E-state index in [2.05, 4.69) is 289 Å². The van der Waals surface area contributed by atoms with Crippen LogP contribution in [0.25, 0.3) is 0 Å². The average molecular weight is 1690 g/mol. The van der Waals surface area contributed by atoms with Gasteiger partial charge in [-0.25, -0.2) is 17.6 Å². The monoisotopic (exact) mass is 1690 g/mol. The van der Waals surface area contributed by atoms with Gasteiger partial charge in [-0.15, -0.1) is 0 Å². The Labute approximate surface area is 756 Å². The Bertz CT molecular complexity index is 7700. The highest BCUT2D eigenvalue weighted by molar-refractivity contribution is 7.06. The van der Waals surface area contributed by atoms with Crippen LogP contribution in [0.4, 0.5) is 171 Å². The van der Waals surface area contributed by atoms with E-state index in [-0.39, 0.29) is 11.4 Å². The molecule has 131 heavy (non-hydrogen) atoms. The zero-order valence-corrected chi connectivity index (χ0v) is 70.2. The Balaban J connectivity index is 0.824. The van der Waals surface area contributed by atoms with Gasteiger partial charge in [-0.2, -0.15) is 0 Å². The van der Waals surface area contributed by atoms with Gasteiger partial charge < -0.3 is 48.8 Å². The summed E-state index contributed by atoms with van der Waals surface area (Å²) < 4.78 is 81.5. The summed E-state index contributed by atoms with van der Waals surface area (Å²) in [5, 5.41) is 0. The molecule has 19 aromatic carbocycles. The summed E-state index contributed by atoms with van der Waals surface area (Å²) in [6, 6.07) is 146. The topological polar surface area (TPSA) is 38.4 Å². The van der Waals surface area contributed by atoms with E-state index < -0.39 is 43.4 Å². The van der Waals surface area contributed by atoms with E-state index in [0.29, 0.717) is 57.0 Å². The third kappa shape index (κ3) is 11.6. The molecule has 7 aliphatic rings. The number of hydrogen-bond donors (Lipinski definition) is 0. The molecule has 7 aliphatic heterocycles. The molecule has 0 saturated heterocycles. The Morgan fingerprint density at radius 1 is 0.168 bits per heavy atom.